The molecule has 2 unspecified atom stereocenters. The van der Waals surface area contributed by atoms with E-state index in [9.17, 15) is 4.79 Å². The second-order valence-corrected chi connectivity index (χ2v) is 6.67. The number of carbonyl (C=O) groups is 1. The Labute approximate surface area is 143 Å². The SMILES string of the molecule is Cc1nn(C)c(C)c1C1CCCN1C(=O)CC(N)c1ccccc1. The van der Waals surface area contributed by atoms with Crippen LogP contribution in [0.3, 0.4) is 0 Å². The summed E-state index contributed by atoms with van der Waals surface area (Å²) in [5.74, 6) is 0.136. The van der Waals surface area contributed by atoms with Crippen LogP contribution in [0.15, 0.2) is 30.3 Å². The summed E-state index contributed by atoms with van der Waals surface area (Å²) >= 11 is 0. The number of carbonyl (C=O) groups excluding carboxylic acids is 1. The second-order valence-electron chi connectivity index (χ2n) is 6.67. The summed E-state index contributed by atoms with van der Waals surface area (Å²) in [6.45, 7) is 4.91. The number of benzene rings is 1. The first kappa shape index (κ1) is 16.7. The van der Waals surface area contributed by atoms with Crippen molar-refractivity contribution < 1.29 is 4.79 Å². The first-order chi connectivity index (χ1) is 11.5. The van der Waals surface area contributed by atoms with Crippen LogP contribution in [0.2, 0.25) is 0 Å². The first-order valence-electron chi connectivity index (χ1n) is 8.59. The van der Waals surface area contributed by atoms with Gasteiger partial charge in [-0.25, -0.2) is 0 Å². The predicted octanol–water partition coefficient (Wildman–Crippen LogP) is 2.79. The molecule has 2 heterocycles. The molecule has 0 aliphatic carbocycles. The van der Waals surface area contributed by atoms with E-state index < -0.39 is 0 Å². The predicted molar refractivity (Wildman–Crippen MR) is 94.4 cm³/mol. The number of aryl methyl sites for hydroxylation is 2. The molecule has 1 aromatic carbocycles. The summed E-state index contributed by atoms with van der Waals surface area (Å²) in [5, 5.41) is 4.51. The average molecular weight is 326 g/mol. The Balaban J connectivity index is 1.77. The molecule has 2 aromatic rings. The Morgan fingerprint density at radius 2 is 2.04 bits per heavy atom. The summed E-state index contributed by atoms with van der Waals surface area (Å²) in [6, 6.07) is 9.72. The zero-order chi connectivity index (χ0) is 17.3. The highest BCUT2D eigenvalue weighted by Crippen LogP contribution is 2.36. The molecule has 1 amide bonds. The smallest absolute Gasteiger partial charge is 0.224 e. The van der Waals surface area contributed by atoms with E-state index in [1.807, 2.05) is 53.9 Å². The van der Waals surface area contributed by atoms with E-state index >= 15 is 0 Å². The van der Waals surface area contributed by atoms with Crippen molar-refractivity contribution in [1.82, 2.24) is 14.7 Å². The van der Waals surface area contributed by atoms with Crippen molar-refractivity contribution in [3.05, 3.63) is 52.8 Å². The van der Waals surface area contributed by atoms with Gasteiger partial charge in [0.1, 0.15) is 0 Å². The molecule has 1 aliphatic rings. The van der Waals surface area contributed by atoms with Gasteiger partial charge in [-0.05, 0) is 32.3 Å². The van der Waals surface area contributed by atoms with Gasteiger partial charge in [0, 0.05) is 37.3 Å². The molecule has 1 aromatic heterocycles. The fourth-order valence-electron chi connectivity index (χ4n) is 3.76. The third-order valence-electron chi connectivity index (χ3n) is 5.09. The van der Waals surface area contributed by atoms with Crippen molar-refractivity contribution in [2.45, 2.75) is 45.2 Å². The molecule has 0 spiro atoms. The van der Waals surface area contributed by atoms with Gasteiger partial charge in [0.05, 0.1) is 11.7 Å². The number of hydrogen-bond donors (Lipinski definition) is 1. The lowest BCUT2D eigenvalue weighted by molar-refractivity contribution is -0.132. The third kappa shape index (κ3) is 3.08. The van der Waals surface area contributed by atoms with Gasteiger partial charge < -0.3 is 10.6 Å². The molecule has 5 nitrogen and oxygen atoms in total. The van der Waals surface area contributed by atoms with Crippen LogP contribution in [0, 0.1) is 13.8 Å². The number of rotatable bonds is 4. The molecule has 1 aliphatic heterocycles. The van der Waals surface area contributed by atoms with Crippen molar-refractivity contribution in [1.29, 1.82) is 0 Å². The van der Waals surface area contributed by atoms with Gasteiger partial charge in [0.25, 0.3) is 0 Å². The minimum absolute atomic E-state index is 0.133. The molecule has 0 saturated carbocycles. The van der Waals surface area contributed by atoms with Crippen LogP contribution in [0.1, 0.15) is 53.9 Å². The van der Waals surface area contributed by atoms with E-state index in [1.165, 1.54) is 5.56 Å². The molecule has 1 fully saturated rings. The molecule has 0 radical (unpaired) electrons. The van der Waals surface area contributed by atoms with Crippen LogP contribution in [-0.4, -0.2) is 27.1 Å². The minimum atomic E-state index is -0.254. The van der Waals surface area contributed by atoms with E-state index in [4.69, 9.17) is 5.73 Å². The lowest BCUT2D eigenvalue weighted by Crippen LogP contribution is -2.33. The summed E-state index contributed by atoms with van der Waals surface area (Å²) in [7, 11) is 1.96. The number of hydrogen-bond acceptors (Lipinski definition) is 3. The second kappa shape index (κ2) is 6.77. The zero-order valence-electron chi connectivity index (χ0n) is 14.7. The van der Waals surface area contributed by atoms with E-state index in [0.29, 0.717) is 6.42 Å². The van der Waals surface area contributed by atoms with Gasteiger partial charge in [0.2, 0.25) is 5.91 Å². The van der Waals surface area contributed by atoms with Crippen LogP contribution in [0.25, 0.3) is 0 Å². The van der Waals surface area contributed by atoms with Crippen LogP contribution >= 0.6 is 0 Å². The molecule has 24 heavy (non-hydrogen) atoms. The Morgan fingerprint density at radius 3 is 2.67 bits per heavy atom. The zero-order valence-corrected chi connectivity index (χ0v) is 14.7. The first-order valence-corrected chi connectivity index (χ1v) is 8.59. The van der Waals surface area contributed by atoms with Crippen molar-refractivity contribution in [3.63, 3.8) is 0 Å². The molecule has 1 saturated heterocycles. The summed E-state index contributed by atoms with van der Waals surface area (Å²) in [6.07, 6.45) is 2.38. The van der Waals surface area contributed by atoms with Gasteiger partial charge in [-0.3, -0.25) is 9.48 Å². The van der Waals surface area contributed by atoms with Gasteiger partial charge in [-0.15, -0.1) is 0 Å². The number of amides is 1. The van der Waals surface area contributed by atoms with Crippen molar-refractivity contribution in [2.24, 2.45) is 12.8 Å². The van der Waals surface area contributed by atoms with Crippen molar-refractivity contribution in [2.75, 3.05) is 6.54 Å². The maximum atomic E-state index is 12.9. The monoisotopic (exact) mass is 326 g/mol. The third-order valence-corrected chi connectivity index (χ3v) is 5.09. The summed E-state index contributed by atoms with van der Waals surface area (Å²) < 4.78 is 1.90. The van der Waals surface area contributed by atoms with Crippen LogP contribution in [0.4, 0.5) is 0 Å². The van der Waals surface area contributed by atoms with Gasteiger partial charge >= 0.3 is 0 Å². The Hall–Kier alpha value is -2.14. The number of nitrogens with two attached hydrogens (primary N) is 1. The van der Waals surface area contributed by atoms with Crippen LogP contribution in [0.5, 0.6) is 0 Å². The Bertz CT molecular complexity index is 722. The highest BCUT2D eigenvalue weighted by molar-refractivity contribution is 5.78. The maximum Gasteiger partial charge on any atom is 0.224 e. The quantitative estimate of drug-likeness (QED) is 0.939. The van der Waals surface area contributed by atoms with Crippen LogP contribution in [-0.2, 0) is 11.8 Å². The number of likely N-dealkylation sites (tertiary alicyclic amines) is 1. The molecule has 128 valence electrons. The van der Waals surface area contributed by atoms with E-state index in [-0.39, 0.29) is 18.0 Å². The fraction of sp³-hybridized carbons (Fsp3) is 0.474. The molecule has 0 bridgehead atoms. The van der Waals surface area contributed by atoms with Gasteiger partial charge in [-0.1, -0.05) is 30.3 Å². The summed E-state index contributed by atoms with van der Waals surface area (Å²) in [4.78, 5) is 14.9. The fourth-order valence-corrected chi connectivity index (χ4v) is 3.76. The molecular formula is C19H26N4O. The van der Waals surface area contributed by atoms with Gasteiger partial charge in [-0.2, -0.15) is 5.10 Å². The molecule has 2 N–H and O–H groups in total. The Kier molecular flexibility index (Phi) is 4.71. The molecule has 2 atom stereocenters. The van der Waals surface area contributed by atoms with Crippen molar-refractivity contribution in [3.8, 4) is 0 Å². The highest BCUT2D eigenvalue weighted by Gasteiger charge is 2.33. The molecule has 3 rings (SSSR count). The summed E-state index contributed by atoms with van der Waals surface area (Å²) in [5.41, 5.74) is 10.6. The van der Waals surface area contributed by atoms with E-state index in [0.717, 1.165) is 36.3 Å². The molecule has 5 heteroatoms. The number of aromatic nitrogens is 2. The minimum Gasteiger partial charge on any atom is -0.335 e. The maximum absolute atomic E-state index is 12.9. The average Bonchev–Trinajstić information content (AvgIpc) is 3.13. The van der Waals surface area contributed by atoms with E-state index in [1.54, 1.807) is 0 Å². The topological polar surface area (TPSA) is 64.2 Å². The van der Waals surface area contributed by atoms with Crippen molar-refractivity contribution >= 4 is 5.91 Å². The standard InChI is InChI=1S/C19H26N4O/c1-13-19(14(2)22(3)21-13)17-10-7-11-23(17)18(24)12-16(20)15-8-5-4-6-9-15/h4-6,8-9,16-17H,7,10-12,20H2,1-3H3. The highest BCUT2D eigenvalue weighted by atomic mass is 16.2. The lowest BCUT2D eigenvalue weighted by Gasteiger charge is -2.26. The van der Waals surface area contributed by atoms with E-state index in [2.05, 4.69) is 12.0 Å². The normalized spacial score (nSPS) is 18.8. The van der Waals surface area contributed by atoms with Crippen LogP contribution < -0.4 is 5.73 Å². The lowest BCUT2D eigenvalue weighted by atomic mass is 10.0. The van der Waals surface area contributed by atoms with Gasteiger partial charge in [0.15, 0.2) is 0 Å². The Morgan fingerprint density at radius 1 is 1.33 bits per heavy atom. The molecular weight excluding hydrogens is 300 g/mol. The number of nitrogens with zero attached hydrogens (tertiary/aromatic N) is 3. The largest absolute Gasteiger partial charge is 0.335 e.